The predicted octanol–water partition coefficient (Wildman–Crippen LogP) is 11.0. The zero-order valence-corrected chi connectivity index (χ0v) is 25.0. The average Bonchev–Trinajstić information content (AvgIpc) is 3.75. The Balaban J connectivity index is 1.47. The molecule has 45 heavy (non-hydrogen) atoms. The van der Waals surface area contributed by atoms with Gasteiger partial charge in [-0.3, -0.25) is 0 Å². The van der Waals surface area contributed by atoms with Crippen LogP contribution >= 0.6 is 0 Å². The summed E-state index contributed by atoms with van der Waals surface area (Å²) in [5.74, 6) is 2.00. The van der Waals surface area contributed by atoms with Crippen molar-refractivity contribution in [3.63, 3.8) is 0 Å². The summed E-state index contributed by atoms with van der Waals surface area (Å²) < 4.78 is 2.52. The summed E-state index contributed by atoms with van der Waals surface area (Å²) in [7, 11) is 0. The van der Waals surface area contributed by atoms with Crippen molar-refractivity contribution in [1.82, 2.24) is 4.40 Å². The van der Waals surface area contributed by atoms with E-state index in [4.69, 9.17) is 0 Å². The molecule has 0 atom stereocenters. The van der Waals surface area contributed by atoms with Crippen molar-refractivity contribution < 1.29 is 0 Å². The molecule has 8 aromatic rings. The van der Waals surface area contributed by atoms with Gasteiger partial charge in [-0.2, -0.15) is 10.5 Å². The molecule has 0 amide bonds. The van der Waals surface area contributed by atoms with Gasteiger partial charge < -0.3 is 4.40 Å². The molecular formula is C42H29N3. The Labute approximate surface area is 259 Å². The van der Waals surface area contributed by atoms with E-state index in [0.717, 1.165) is 11.1 Å². The van der Waals surface area contributed by atoms with Crippen molar-refractivity contribution in [2.45, 2.75) is 75.0 Å². The fourth-order valence-corrected chi connectivity index (χ4v) is 11.6. The first-order valence-electron chi connectivity index (χ1n) is 17.0. The Hall–Kier alpha value is -4.86. The van der Waals surface area contributed by atoms with E-state index < -0.39 is 0 Å². The highest BCUT2D eigenvalue weighted by molar-refractivity contribution is 6.47. The van der Waals surface area contributed by atoms with E-state index in [-0.39, 0.29) is 0 Å². The highest BCUT2D eigenvalue weighted by atomic mass is 14.9. The first-order valence-corrected chi connectivity index (χ1v) is 17.0. The van der Waals surface area contributed by atoms with E-state index in [1.54, 1.807) is 0 Å². The van der Waals surface area contributed by atoms with Crippen LogP contribution in [0, 0.1) is 22.7 Å². The maximum Gasteiger partial charge on any atom is 0.0995 e. The molecule has 212 valence electrons. The summed E-state index contributed by atoms with van der Waals surface area (Å²) in [6.07, 6.45) is 9.69. The smallest absolute Gasteiger partial charge is 0.0995 e. The second-order valence-corrected chi connectivity index (χ2v) is 14.7. The lowest BCUT2D eigenvalue weighted by Crippen LogP contribution is -2.23. The summed E-state index contributed by atoms with van der Waals surface area (Å²) in [5, 5.41) is 34.9. The van der Waals surface area contributed by atoms with Crippen molar-refractivity contribution in [2.75, 3.05) is 0 Å². The molecule has 2 aromatic heterocycles. The monoisotopic (exact) mass is 575 g/mol. The van der Waals surface area contributed by atoms with Gasteiger partial charge in [-0.1, -0.05) is 42.5 Å². The predicted molar refractivity (Wildman–Crippen MR) is 182 cm³/mol. The van der Waals surface area contributed by atoms with Crippen LogP contribution in [0.5, 0.6) is 0 Å². The zero-order chi connectivity index (χ0) is 29.3. The minimum atomic E-state index is 0.488. The second-order valence-electron chi connectivity index (χ2n) is 14.7. The zero-order valence-electron chi connectivity index (χ0n) is 25.0. The number of hydrogen-bond donors (Lipinski definition) is 0. The molecule has 2 fully saturated rings. The molecular weight excluding hydrogens is 546 g/mol. The number of rotatable bonds is 0. The molecule has 0 radical (unpaired) electrons. The van der Waals surface area contributed by atoms with Gasteiger partial charge in [-0.25, -0.2) is 0 Å². The Morgan fingerprint density at radius 3 is 1.51 bits per heavy atom. The van der Waals surface area contributed by atoms with Crippen molar-refractivity contribution in [1.29, 1.82) is 10.5 Å². The van der Waals surface area contributed by atoms with E-state index >= 15 is 0 Å². The van der Waals surface area contributed by atoms with E-state index in [1.165, 1.54) is 144 Å². The summed E-state index contributed by atoms with van der Waals surface area (Å²) in [6.45, 7) is 0. The Kier molecular flexibility index (Phi) is 4.01. The summed E-state index contributed by atoms with van der Waals surface area (Å²) >= 11 is 0. The largest absolute Gasteiger partial charge is 0.308 e. The lowest BCUT2D eigenvalue weighted by atomic mass is 9.64. The first kappa shape index (κ1) is 23.5. The minimum Gasteiger partial charge on any atom is -0.308 e. The molecule has 0 saturated heterocycles. The number of aromatic nitrogens is 1. The van der Waals surface area contributed by atoms with Gasteiger partial charge >= 0.3 is 0 Å². The minimum absolute atomic E-state index is 0.488. The SMILES string of the molecule is N#Cc1cc2c(c3c1C1CCC3CC1)c1c3cccc4c5ccccc5c(c43)c3c4c5c(c(C#N)cc4n2c13)C1CCC5CC1. The van der Waals surface area contributed by atoms with Gasteiger partial charge in [0.25, 0.3) is 0 Å². The van der Waals surface area contributed by atoms with E-state index in [2.05, 4.69) is 71.1 Å². The van der Waals surface area contributed by atoms with Gasteiger partial charge in [0.05, 0.1) is 39.8 Å². The van der Waals surface area contributed by atoms with E-state index in [9.17, 15) is 10.5 Å². The van der Waals surface area contributed by atoms with Crippen molar-refractivity contribution in [3.8, 4) is 12.1 Å². The standard InChI is InChI=1S/C42H29N3/c43-18-24-16-30-39(34-22-12-8-20(9-13-22)32(24)34)38-29-7-3-6-27-26-4-1-2-5-28(26)37(36(27)29)41-40-31(45(30)42(38)41)17-25(19-44)33-21-10-14-23(15-11-21)35(33)40/h1-7,16-17,20-23H,8-15H2. The fourth-order valence-electron chi connectivity index (χ4n) is 11.6. The fraction of sp³-hybridized carbons (Fsp3) is 0.286. The molecule has 14 rings (SSSR count). The topological polar surface area (TPSA) is 52.0 Å². The van der Waals surface area contributed by atoms with Crippen LogP contribution in [0.25, 0.3) is 70.4 Å². The van der Waals surface area contributed by atoms with Crippen molar-refractivity contribution in [3.05, 3.63) is 88.0 Å². The van der Waals surface area contributed by atoms with Gasteiger partial charge in [0.1, 0.15) is 0 Å². The summed E-state index contributed by atoms with van der Waals surface area (Å²) in [6, 6.07) is 25.8. The highest BCUT2D eigenvalue weighted by Gasteiger charge is 2.41. The molecule has 3 nitrogen and oxygen atoms in total. The van der Waals surface area contributed by atoms with Crippen molar-refractivity contribution in [2.24, 2.45) is 0 Å². The van der Waals surface area contributed by atoms with Crippen LogP contribution in [0.15, 0.2) is 54.6 Å². The number of hydrogen-bond acceptors (Lipinski definition) is 2. The Morgan fingerprint density at radius 2 is 0.933 bits per heavy atom. The molecule has 0 N–H and O–H groups in total. The van der Waals surface area contributed by atoms with Crippen LogP contribution in [0.2, 0.25) is 0 Å². The van der Waals surface area contributed by atoms with Crippen LogP contribution in [0.4, 0.5) is 0 Å². The normalized spacial score (nSPS) is 23.7. The molecule has 0 aliphatic heterocycles. The lowest BCUT2D eigenvalue weighted by molar-refractivity contribution is 0.360. The van der Waals surface area contributed by atoms with Gasteiger partial charge in [0.15, 0.2) is 0 Å². The third kappa shape index (κ3) is 2.46. The maximum absolute atomic E-state index is 10.6. The van der Waals surface area contributed by atoms with Crippen LogP contribution in [0.3, 0.4) is 0 Å². The van der Waals surface area contributed by atoms with Gasteiger partial charge in [-0.15, -0.1) is 0 Å². The second kappa shape index (κ2) is 7.67. The number of benzene rings is 5. The van der Waals surface area contributed by atoms with E-state index in [0.29, 0.717) is 23.7 Å². The molecule has 2 heterocycles. The Morgan fingerprint density at radius 1 is 0.467 bits per heavy atom. The highest BCUT2D eigenvalue weighted by Crippen LogP contribution is 2.60. The first-order chi connectivity index (χ1) is 22.3. The van der Waals surface area contributed by atoms with Crippen molar-refractivity contribution >= 4 is 70.4 Å². The molecule has 6 aliphatic rings. The summed E-state index contributed by atoms with van der Waals surface area (Å²) in [5.41, 5.74) is 11.1. The molecule has 0 unspecified atom stereocenters. The van der Waals surface area contributed by atoms with Crippen LogP contribution in [-0.4, -0.2) is 4.40 Å². The third-order valence-electron chi connectivity index (χ3n) is 13.1. The molecule has 6 aliphatic carbocycles. The average molecular weight is 576 g/mol. The number of nitrogens with zero attached hydrogens (tertiary/aromatic N) is 3. The molecule has 3 heteroatoms. The van der Waals surface area contributed by atoms with Gasteiger partial charge in [0, 0.05) is 26.9 Å². The lowest BCUT2D eigenvalue weighted by Gasteiger charge is -2.40. The molecule has 2 saturated carbocycles. The van der Waals surface area contributed by atoms with Crippen LogP contribution < -0.4 is 0 Å². The molecule has 4 bridgehead atoms. The van der Waals surface area contributed by atoms with Crippen LogP contribution in [-0.2, 0) is 0 Å². The maximum atomic E-state index is 10.6. The molecule has 6 aromatic carbocycles. The van der Waals surface area contributed by atoms with Crippen LogP contribution in [0.1, 0.15) is 108 Å². The summed E-state index contributed by atoms with van der Waals surface area (Å²) in [4.78, 5) is 0. The quantitative estimate of drug-likeness (QED) is 0.181. The number of fused-ring (bicyclic) bond motifs is 15. The van der Waals surface area contributed by atoms with Gasteiger partial charge in [0.2, 0.25) is 0 Å². The molecule has 0 spiro atoms. The Bertz CT molecular complexity index is 2750. The number of nitriles is 2. The van der Waals surface area contributed by atoms with E-state index in [1.807, 2.05) is 0 Å². The van der Waals surface area contributed by atoms with Gasteiger partial charge in [-0.05, 0) is 136 Å². The third-order valence-corrected chi connectivity index (χ3v) is 13.1.